The fourth-order valence-corrected chi connectivity index (χ4v) is 3.53. The molecule has 2 aliphatic rings. The van der Waals surface area contributed by atoms with Gasteiger partial charge >= 0.3 is 0 Å². The molecule has 2 atom stereocenters. The number of hydrogen-bond acceptors (Lipinski definition) is 3. The van der Waals surface area contributed by atoms with Gasteiger partial charge in [-0.15, -0.1) is 11.3 Å². The van der Waals surface area contributed by atoms with Crippen molar-refractivity contribution >= 4 is 11.3 Å². The number of aromatic nitrogens is 1. The maximum atomic E-state index is 4.38. The van der Waals surface area contributed by atoms with Gasteiger partial charge in [0.25, 0.3) is 0 Å². The largest absolute Gasteiger partial charge is 0.292 e. The highest BCUT2D eigenvalue weighted by atomic mass is 32.1. The average molecular weight is 208 g/mol. The van der Waals surface area contributed by atoms with Gasteiger partial charge < -0.3 is 0 Å². The molecule has 1 aromatic rings. The van der Waals surface area contributed by atoms with Crippen LogP contribution in [0.3, 0.4) is 0 Å². The van der Waals surface area contributed by atoms with E-state index in [1.54, 1.807) is 11.3 Å². The van der Waals surface area contributed by atoms with E-state index in [0.29, 0.717) is 0 Å². The molecule has 3 heteroatoms. The zero-order valence-corrected chi connectivity index (χ0v) is 9.17. The van der Waals surface area contributed by atoms with Crippen molar-refractivity contribution in [2.24, 2.45) is 0 Å². The van der Waals surface area contributed by atoms with Gasteiger partial charge in [-0.2, -0.15) is 0 Å². The number of rotatable bonds is 2. The molecule has 76 valence electrons. The van der Waals surface area contributed by atoms with E-state index in [2.05, 4.69) is 15.3 Å². The SMILES string of the molecule is c1nc(CN2C3CCCC2CC3)cs1. The molecule has 2 aliphatic heterocycles. The predicted octanol–water partition coefficient (Wildman–Crippen LogP) is 2.66. The molecule has 2 bridgehead atoms. The van der Waals surface area contributed by atoms with E-state index < -0.39 is 0 Å². The Bertz CT molecular complexity index is 280. The van der Waals surface area contributed by atoms with E-state index in [1.165, 1.54) is 37.8 Å². The summed E-state index contributed by atoms with van der Waals surface area (Å²) in [5.41, 5.74) is 3.22. The van der Waals surface area contributed by atoms with Crippen molar-refractivity contribution < 1.29 is 0 Å². The van der Waals surface area contributed by atoms with Crippen LogP contribution in [0.5, 0.6) is 0 Å². The van der Waals surface area contributed by atoms with Crippen LogP contribution in [-0.4, -0.2) is 22.0 Å². The minimum Gasteiger partial charge on any atom is -0.292 e. The van der Waals surface area contributed by atoms with Gasteiger partial charge in [0, 0.05) is 24.0 Å². The van der Waals surface area contributed by atoms with E-state index in [4.69, 9.17) is 0 Å². The number of thiazole rings is 1. The standard InChI is InChI=1S/C11H16N2S/c1-2-10-4-5-11(3-1)13(10)6-9-7-14-8-12-9/h7-8,10-11H,1-6H2. The van der Waals surface area contributed by atoms with Crippen molar-refractivity contribution in [2.75, 3.05) is 0 Å². The van der Waals surface area contributed by atoms with Gasteiger partial charge in [-0.3, -0.25) is 4.90 Å². The van der Waals surface area contributed by atoms with E-state index >= 15 is 0 Å². The van der Waals surface area contributed by atoms with Crippen molar-refractivity contribution in [3.8, 4) is 0 Å². The lowest BCUT2D eigenvalue weighted by Gasteiger charge is -2.34. The summed E-state index contributed by atoms with van der Waals surface area (Å²) in [7, 11) is 0. The van der Waals surface area contributed by atoms with Gasteiger partial charge in [0.2, 0.25) is 0 Å². The molecule has 2 nitrogen and oxygen atoms in total. The summed E-state index contributed by atoms with van der Waals surface area (Å²) in [6, 6.07) is 1.74. The summed E-state index contributed by atoms with van der Waals surface area (Å²) >= 11 is 1.71. The maximum absolute atomic E-state index is 4.38. The molecule has 2 saturated heterocycles. The Hall–Kier alpha value is -0.410. The third-order valence-corrected chi connectivity index (χ3v) is 4.31. The minimum absolute atomic E-state index is 0.871. The molecule has 2 fully saturated rings. The Kier molecular flexibility index (Phi) is 2.30. The Morgan fingerprint density at radius 3 is 2.71 bits per heavy atom. The van der Waals surface area contributed by atoms with E-state index in [-0.39, 0.29) is 0 Å². The summed E-state index contributed by atoms with van der Waals surface area (Å²) in [4.78, 5) is 7.08. The van der Waals surface area contributed by atoms with Crippen LogP contribution in [0, 0.1) is 0 Å². The molecule has 0 spiro atoms. The van der Waals surface area contributed by atoms with Crippen LogP contribution < -0.4 is 0 Å². The number of nitrogens with zero attached hydrogens (tertiary/aromatic N) is 2. The van der Waals surface area contributed by atoms with Crippen LogP contribution in [0.1, 0.15) is 37.8 Å². The lowest BCUT2D eigenvalue weighted by Crippen LogP contribution is -2.38. The van der Waals surface area contributed by atoms with Gasteiger partial charge in [-0.05, 0) is 25.7 Å². The highest BCUT2D eigenvalue weighted by Crippen LogP contribution is 2.36. The van der Waals surface area contributed by atoms with Crippen LogP contribution >= 0.6 is 11.3 Å². The Morgan fingerprint density at radius 2 is 2.07 bits per heavy atom. The van der Waals surface area contributed by atoms with Crippen LogP contribution in [0.4, 0.5) is 0 Å². The summed E-state index contributed by atoms with van der Waals surface area (Å²) in [5.74, 6) is 0. The van der Waals surface area contributed by atoms with E-state index in [0.717, 1.165) is 18.6 Å². The highest BCUT2D eigenvalue weighted by Gasteiger charge is 2.36. The molecule has 0 aliphatic carbocycles. The summed E-state index contributed by atoms with van der Waals surface area (Å²) < 4.78 is 0. The number of piperidine rings is 1. The summed E-state index contributed by atoms with van der Waals surface area (Å²) in [6.45, 7) is 1.10. The average Bonchev–Trinajstić information content (AvgIpc) is 2.75. The lowest BCUT2D eigenvalue weighted by atomic mass is 10.0. The third kappa shape index (κ3) is 1.48. The minimum atomic E-state index is 0.871. The second-order valence-corrected chi connectivity index (χ2v) is 5.19. The molecule has 0 amide bonds. The third-order valence-electron chi connectivity index (χ3n) is 3.67. The van der Waals surface area contributed by atoms with Crippen molar-refractivity contribution in [1.29, 1.82) is 0 Å². The second-order valence-electron chi connectivity index (χ2n) is 4.47. The molecule has 2 unspecified atom stereocenters. The maximum Gasteiger partial charge on any atom is 0.0795 e. The number of hydrogen-bond donors (Lipinski definition) is 0. The van der Waals surface area contributed by atoms with Crippen molar-refractivity contribution in [2.45, 2.75) is 50.7 Å². The normalized spacial score (nSPS) is 32.3. The first-order valence-electron chi connectivity index (χ1n) is 5.56. The fraction of sp³-hybridized carbons (Fsp3) is 0.727. The first-order valence-corrected chi connectivity index (χ1v) is 6.50. The fourth-order valence-electron chi connectivity index (χ4n) is 2.98. The van der Waals surface area contributed by atoms with E-state index in [1.807, 2.05) is 5.51 Å². The molecule has 3 rings (SSSR count). The zero-order valence-electron chi connectivity index (χ0n) is 8.35. The van der Waals surface area contributed by atoms with Crippen LogP contribution in [0.15, 0.2) is 10.9 Å². The topological polar surface area (TPSA) is 16.1 Å². The van der Waals surface area contributed by atoms with Crippen molar-refractivity contribution in [3.63, 3.8) is 0 Å². The molecule has 0 radical (unpaired) electrons. The smallest absolute Gasteiger partial charge is 0.0795 e. The van der Waals surface area contributed by atoms with Crippen molar-refractivity contribution in [1.82, 2.24) is 9.88 Å². The lowest BCUT2D eigenvalue weighted by molar-refractivity contribution is 0.130. The Labute approximate surface area is 89.0 Å². The second kappa shape index (κ2) is 3.63. The van der Waals surface area contributed by atoms with Crippen molar-refractivity contribution in [3.05, 3.63) is 16.6 Å². The molecule has 0 aromatic carbocycles. The predicted molar refractivity (Wildman–Crippen MR) is 58.3 cm³/mol. The molecule has 3 heterocycles. The molecular weight excluding hydrogens is 192 g/mol. The summed E-state index contributed by atoms with van der Waals surface area (Å²) in [6.07, 6.45) is 7.13. The van der Waals surface area contributed by atoms with Gasteiger partial charge in [-0.1, -0.05) is 6.42 Å². The highest BCUT2D eigenvalue weighted by molar-refractivity contribution is 7.07. The Morgan fingerprint density at radius 1 is 1.29 bits per heavy atom. The molecule has 0 saturated carbocycles. The molecule has 1 aromatic heterocycles. The number of fused-ring (bicyclic) bond motifs is 2. The van der Waals surface area contributed by atoms with Crippen LogP contribution in [0.2, 0.25) is 0 Å². The van der Waals surface area contributed by atoms with Gasteiger partial charge in [-0.25, -0.2) is 4.98 Å². The Balaban J connectivity index is 1.73. The first-order chi connectivity index (χ1) is 6.93. The van der Waals surface area contributed by atoms with Gasteiger partial charge in [0.15, 0.2) is 0 Å². The molecule has 0 N–H and O–H groups in total. The van der Waals surface area contributed by atoms with Crippen LogP contribution in [0.25, 0.3) is 0 Å². The molecule has 14 heavy (non-hydrogen) atoms. The first kappa shape index (κ1) is 8.86. The van der Waals surface area contributed by atoms with Crippen LogP contribution in [-0.2, 0) is 6.54 Å². The monoisotopic (exact) mass is 208 g/mol. The molecular formula is C11H16N2S. The van der Waals surface area contributed by atoms with Gasteiger partial charge in [0.1, 0.15) is 0 Å². The van der Waals surface area contributed by atoms with Gasteiger partial charge in [0.05, 0.1) is 11.2 Å². The van der Waals surface area contributed by atoms with E-state index in [9.17, 15) is 0 Å². The quantitative estimate of drug-likeness (QED) is 0.743. The zero-order chi connectivity index (χ0) is 9.38. The summed E-state index contributed by atoms with van der Waals surface area (Å²) in [5, 5.41) is 2.19.